The smallest absolute Gasteiger partial charge is 0.276 e. The topological polar surface area (TPSA) is 53.4 Å². The third-order valence-corrected chi connectivity index (χ3v) is 3.70. The maximum absolute atomic E-state index is 12.4. The molecule has 1 aliphatic rings. The minimum absolute atomic E-state index is 0.0562. The van der Waals surface area contributed by atoms with Crippen molar-refractivity contribution < 1.29 is 9.90 Å². The standard InChI is InChI=1S/C16H16N2O2/c19-14-6-3-9-17-15(14)16(20)18-10-7-12-4-1-2-5-13(12)8-11-18/h1-6,9,19H,7-8,10-11H2. The first-order valence-corrected chi connectivity index (χ1v) is 6.76. The molecule has 0 spiro atoms. The lowest BCUT2D eigenvalue weighted by Gasteiger charge is -2.20. The monoisotopic (exact) mass is 268 g/mol. The summed E-state index contributed by atoms with van der Waals surface area (Å²) in [6, 6.07) is 11.4. The van der Waals surface area contributed by atoms with Gasteiger partial charge in [0.25, 0.3) is 5.91 Å². The molecule has 0 radical (unpaired) electrons. The molecule has 0 unspecified atom stereocenters. The Balaban J connectivity index is 1.80. The van der Waals surface area contributed by atoms with Gasteiger partial charge in [-0.1, -0.05) is 24.3 Å². The van der Waals surface area contributed by atoms with Crippen molar-refractivity contribution in [2.24, 2.45) is 0 Å². The maximum atomic E-state index is 12.4. The molecule has 3 rings (SSSR count). The van der Waals surface area contributed by atoms with Gasteiger partial charge in [-0.3, -0.25) is 4.79 Å². The van der Waals surface area contributed by atoms with E-state index < -0.39 is 0 Å². The molecule has 102 valence electrons. The molecule has 1 aromatic carbocycles. The number of benzene rings is 1. The van der Waals surface area contributed by atoms with Crippen LogP contribution in [0.1, 0.15) is 21.6 Å². The van der Waals surface area contributed by atoms with Crippen molar-refractivity contribution in [1.29, 1.82) is 0 Å². The van der Waals surface area contributed by atoms with Crippen LogP contribution in [0.3, 0.4) is 0 Å². The molecule has 4 nitrogen and oxygen atoms in total. The molecule has 0 saturated carbocycles. The Morgan fingerprint density at radius 3 is 2.30 bits per heavy atom. The molecule has 4 heteroatoms. The summed E-state index contributed by atoms with van der Waals surface area (Å²) in [7, 11) is 0. The van der Waals surface area contributed by atoms with Gasteiger partial charge in [0.15, 0.2) is 5.69 Å². The van der Waals surface area contributed by atoms with Gasteiger partial charge in [0.2, 0.25) is 0 Å². The largest absolute Gasteiger partial charge is 0.505 e. The Kier molecular flexibility index (Phi) is 3.37. The number of aromatic hydroxyl groups is 1. The Morgan fingerprint density at radius 1 is 1.05 bits per heavy atom. The minimum Gasteiger partial charge on any atom is -0.505 e. The lowest BCUT2D eigenvalue weighted by Crippen LogP contribution is -2.33. The van der Waals surface area contributed by atoms with Crippen LogP contribution in [-0.2, 0) is 12.8 Å². The predicted octanol–water partition coefficient (Wildman–Crippen LogP) is 2.03. The lowest BCUT2D eigenvalue weighted by atomic mass is 10.0. The van der Waals surface area contributed by atoms with Crippen molar-refractivity contribution >= 4 is 5.91 Å². The molecule has 1 amide bonds. The molecule has 1 aliphatic heterocycles. The van der Waals surface area contributed by atoms with Crippen LogP contribution in [0.15, 0.2) is 42.6 Å². The van der Waals surface area contributed by atoms with Gasteiger partial charge in [-0.2, -0.15) is 0 Å². The van der Waals surface area contributed by atoms with E-state index in [0.717, 1.165) is 12.8 Å². The second-order valence-corrected chi connectivity index (χ2v) is 4.93. The number of pyridine rings is 1. The molecular formula is C16H16N2O2. The highest BCUT2D eigenvalue weighted by molar-refractivity contribution is 5.94. The van der Waals surface area contributed by atoms with E-state index in [1.807, 2.05) is 12.1 Å². The summed E-state index contributed by atoms with van der Waals surface area (Å²) in [6.07, 6.45) is 3.21. The fourth-order valence-electron chi connectivity index (χ4n) is 2.58. The zero-order chi connectivity index (χ0) is 13.9. The first kappa shape index (κ1) is 12.7. The lowest BCUT2D eigenvalue weighted by molar-refractivity contribution is 0.0754. The average molecular weight is 268 g/mol. The molecule has 0 atom stereocenters. The Morgan fingerprint density at radius 2 is 1.70 bits per heavy atom. The fourth-order valence-corrected chi connectivity index (χ4v) is 2.58. The molecule has 1 aromatic heterocycles. The van der Waals surface area contributed by atoms with E-state index in [1.165, 1.54) is 23.4 Å². The third-order valence-electron chi connectivity index (χ3n) is 3.70. The SMILES string of the molecule is O=C(c1ncccc1O)N1CCc2ccccc2CC1. The highest BCUT2D eigenvalue weighted by Crippen LogP contribution is 2.19. The number of nitrogens with zero attached hydrogens (tertiary/aromatic N) is 2. The summed E-state index contributed by atoms with van der Waals surface area (Å²) < 4.78 is 0. The molecule has 2 aromatic rings. The van der Waals surface area contributed by atoms with E-state index in [1.54, 1.807) is 11.0 Å². The number of hydrogen-bond donors (Lipinski definition) is 1. The Labute approximate surface area is 117 Å². The predicted molar refractivity (Wildman–Crippen MR) is 75.7 cm³/mol. The highest BCUT2D eigenvalue weighted by Gasteiger charge is 2.22. The molecule has 0 aliphatic carbocycles. The summed E-state index contributed by atoms with van der Waals surface area (Å²) in [4.78, 5) is 18.2. The average Bonchev–Trinajstić information content (AvgIpc) is 2.70. The normalized spacial score (nSPS) is 14.5. The van der Waals surface area contributed by atoms with Crippen molar-refractivity contribution in [2.75, 3.05) is 13.1 Å². The molecule has 20 heavy (non-hydrogen) atoms. The first-order valence-electron chi connectivity index (χ1n) is 6.76. The van der Waals surface area contributed by atoms with Crippen LogP contribution in [0, 0.1) is 0 Å². The van der Waals surface area contributed by atoms with Gasteiger partial charge < -0.3 is 10.0 Å². The molecule has 0 fully saturated rings. The summed E-state index contributed by atoms with van der Waals surface area (Å²) in [5.74, 6) is -0.254. The van der Waals surface area contributed by atoms with Gasteiger partial charge in [0.05, 0.1) is 0 Å². The number of fused-ring (bicyclic) bond motifs is 1. The zero-order valence-corrected chi connectivity index (χ0v) is 11.1. The van der Waals surface area contributed by atoms with Crippen LogP contribution in [-0.4, -0.2) is 34.0 Å². The van der Waals surface area contributed by atoms with Crippen LogP contribution in [0.25, 0.3) is 0 Å². The third kappa shape index (κ3) is 2.37. The van der Waals surface area contributed by atoms with E-state index in [9.17, 15) is 9.90 Å². The minimum atomic E-state index is -0.198. The number of carbonyl (C=O) groups excluding carboxylic acids is 1. The number of rotatable bonds is 1. The van der Waals surface area contributed by atoms with Gasteiger partial charge >= 0.3 is 0 Å². The van der Waals surface area contributed by atoms with Crippen LogP contribution in [0.4, 0.5) is 0 Å². The van der Waals surface area contributed by atoms with Gasteiger partial charge in [0, 0.05) is 19.3 Å². The van der Waals surface area contributed by atoms with Crippen molar-refractivity contribution in [3.8, 4) is 5.75 Å². The van der Waals surface area contributed by atoms with Crippen LogP contribution < -0.4 is 0 Å². The van der Waals surface area contributed by atoms with E-state index in [-0.39, 0.29) is 17.4 Å². The molecule has 2 heterocycles. The van der Waals surface area contributed by atoms with Crippen molar-refractivity contribution in [3.05, 3.63) is 59.4 Å². The molecular weight excluding hydrogens is 252 g/mol. The van der Waals surface area contributed by atoms with Gasteiger partial charge in [-0.15, -0.1) is 0 Å². The van der Waals surface area contributed by atoms with Gasteiger partial charge in [-0.25, -0.2) is 4.98 Å². The quantitative estimate of drug-likeness (QED) is 0.861. The van der Waals surface area contributed by atoms with Crippen molar-refractivity contribution in [3.63, 3.8) is 0 Å². The van der Waals surface area contributed by atoms with Gasteiger partial charge in [0.1, 0.15) is 5.75 Å². The number of amides is 1. The van der Waals surface area contributed by atoms with Crippen LogP contribution >= 0.6 is 0 Å². The van der Waals surface area contributed by atoms with E-state index in [4.69, 9.17) is 0 Å². The molecule has 0 bridgehead atoms. The summed E-state index contributed by atoms with van der Waals surface area (Å²) in [5, 5.41) is 9.75. The summed E-state index contributed by atoms with van der Waals surface area (Å²) in [6.45, 7) is 1.32. The van der Waals surface area contributed by atoms with Crippen molar-refractivity contribution in [2.45, 2.75) is 12.8 Å². The van der Waals surface area contributed by atoms with E-state index in [2.05, 4.69) is 17.1 Å². The Hall–Kier alpha value is -2.36. The highest BCUT2D eigenvalue weighted by atomic mass is 16.3. The number of aromatic nitrogens is 1. The van der Waals surface area contributed by atoms with Crippen LogP contribution in [0.5, 0.6) is 5.75 Å². The second kappa shape index (κ2) is 5.33. The van der Waals surface area contributed by atoms with Crippen molar-refractivity contribution in [1.82, 2.24) is 9.88 Å². The fraction of sp³-hybridized carbons (Fsp3) is 0.250. The maximum Gasteiger partial charge on any atom is 0.276 e. The number of carbonyl (C=O) groups is 1. The number of hydrogen-bond acceptors (Lipinski definition) is 3. The second-order valence-electron chi connectivity index (χ2n) is 4.93. The molecule has 0 saturated heterocycles. The Bertz CT molecular complexity index is 613. The summed E-state index contributed by atoms with van der Waals surface area (Å²) in [5.41, 5.74) is 2.74. The van der Waals surface area contributed by atoms with E-state index >= 15 is 0 Å². The zero-order valence-electron chi connectivity index (χ0n) is 11.1. The first-order chi connectivity index (χ1) is 9.75. The van der Waals surface area contributed by atoms with E-state index in [0.29, 0.717) is 13.1 Å². The summed E-state index contributed by atoms with van der Waals surface area (Å²) >= 11 is 0. The van der Waals surface area contributed by atoms with Crippen LogP contribution in [0.2, 0.25) is 0 Å². The van der Waals surface area contributed by atoms with Gasteiger partial charge in [-0.05, 0) is 36.1 Å². The molecule has 1 N–H and O–H groups in total.